The molecule has 0 aliphatic carbocycles. The monoisotopic (exact) mass is 392 g/mol. The maximum atomic E-state index is 12.1. The van der Waals surface area contributed by atoms with E-state index >= 15 is 0 Å². The second kappa shape index (κ2) is 9.38. The van der Waals surface area contributed by atoms with E-state index in [-0.39, 0.29) is 16.8 Å². The molecule has 27 heavy (non-hydrogen) atoms. The largest absolute Gasteiger partial charge is 0.497 e. The van der Waals surface area contributed by atoms with Crippen molar-refractivity contribution >= 4 is 15.9 Å². The molecule has 0 aliphatic rings. The molecule has 0 saturated carbocycles. The SMILES string of the molecule is COc1ccc(OCCNC(=O)c2ccc(S(=O)(=O)NC(C)C)cc2)cc1. The van der Waals surface area contributed by atoms with Crippen LogP contribution in [0.3, 0.4) is 0 Å². The Kier molecular flexibility index (Phi) is 7.20. The Morgan fingerprint density at radius 3 is 2.15 bits per heavy atom. The minimum atomic E-state index is -3.57. The van der Waals surface area contributed by atoms with Crippen LogP contribution in [0.5, 0.6) is 11.5 Å². The van der Waals surface area contributed by atoms with Gasteiger partial charge in [-0.05, 0) is 62.4 Å². The number of sulfonamides is 1. The predicted octanol–water partition coefficient (Wildman–Crippen LogP) is 2.19. The van der Waals surface area contributed by atoms with E-state index in [1.165, 1.54) is 24.3 Å². The molecule has 2 N–H and O–H groups in total. The standard InChI is InChI=1S/C19H24N2O5S/c1-14(2)21-27(23,24)18-10-4-15(5-11-18)19(22)20-12-13-26-17-8-6-16(25-3)7-9-17/h4-11,14,21H,12-13H2,1-3H3,(H,20,22). The normalized spacial score (nSPS) is 11.3. The van der Waals surface area contributed by atoms with Crippen LogP contribution in [0.15, 0.2) is 53.4 Å². The van der Waals surface area contributed by atoms with Crippen LogP contribution >= 0.6 is 0 Å². The van der Waals surface area contributed by atoms with Crippen molar-refractivity contribution in [3.8, 4) is 11.5 Å². The van der Waals surface area contributed by atoms with Gasteiger partial charge < -0.3 is 14.8 Å². The van der Waals surface area contributed by atoms with E-state index in [0.29, 0.717) is 24.5 Å². The van der Waals surface area contributed by atoms with E-state index < -0.39 is 10.0 Å². The summed E-state index contributed by atoms with van der Waals surface area (Å²) in [7, 11) is -1.98. The fourth-order valence-electron chi connectivity index (χ4n) is 2.27. The minimum Gasteiger partial charge on any atom is -0.497 e. The molecule has 0 unspecified atom stereocenters. The highest BCUT2D eigenvalue weighted by Crippen LogP contribution is 2.16. The first kappa shape index (κ1) is 20.7. The lowest BCUT2D eigenvalue weighted by Gasteiger charge is -2.10. The van der Waals surface area contributed by atoms with Gasteiger partial charge in [-0.25, -0.2) is 13.1 Å². The van der Waals surface area contributed by atoms with Crippen molar-refractivity contribution in [3.63, 3.8) is 0 Å². The van der Waals surface area contributed by atoms with Crippen molar-refractivity contribution in [2.24, 2.45) is 0 Å². The molecule has 8 heteroatoms. The highest BCUT2D eigenvalue weighted by molar-refractivity contribution is 7.89. The van der Waals surface area contributed by atoms with Gasteiger partial charge in [0.05, 0.1) is 18.6 Å². The molecule has 7 nitrogen and oxygen atoms in total. The molecule has 0 bridgehead atoms. The van der Waals surface area contributed by atoms with Crippen LogP contribution in [0.25, 0.3) is 0 Å². The fourth-order valence-corrected chi connectivity index (χ4v) is 3.52. The molecule has 0 spiro atoms. The number of nitrogens with one attached hydrogen (secondary N) is 2. The molecule has 1 amide bonds. The first-order valence-corrected chi connectivity index (χ1v) is 9.97. The highest BCUT2D eigenvalue weighted by Gasteiger charge is 2.15. The molecular weight excluding hydrogens is 368 g/mol. The topological polar surface area (TPSA) is 93.7 Å². The third-order valence-electron chi connectivity index (χ3n) is 3.53. The van der Waals surface area contributed by atoms with E-state index in [0.717, 1.165) is 5.75 Å². The Hall–Kier alpha value is -2.58. The summed E-state index contributed by atoms with van der Waals surface area (Å²) in [4.78, 5) is 12.3. The number of carbonyl (C=O) groups excluding carboxylic acids is 1. The van der Waals surface area contributed by atoms with Crippen molar-refractivity contribution in [2.75, 3.05) is 20.3 Å². The number of amides is 1. The lowest BCUT2D eigenvalue weighted by molar-refractivity contribution is 0.0947. The van der Waals surface area contributed by atoms with Gasteiger partial charge in [-0.1, -0.05) is 0 Å². The summed E-state index contributed by atoms with van der Waals surface area (Å²) in [6, 6.07) is 12.7. The zero-order valence-electron chi connectivity index (χ0n) is 15.6. The summed E-state index contributed by atoms with van der Waals surface area (Å²) in [6.07, 6.45) is 0. The maximum Gasteiger partial charge on any atom is 0.251 e. The van der Waals surface area contributed by atoms with Crippen LogP contribution in [0.4, 0.5) is 0 Å². The number of benzene rings is 2. The van der Waals surface area contributed by atoms with Gasteiger partial charge in [-0.3, -0.25) is 4.79 Å². The summed E-state index contributed by atoms with van der Waals surface area (Å²) in [6.45, 7) is 4.11. The molecule has 146 valence electrons. The third-order valence-corrected chi connectivity index (χ3v) is 5.21. The van der Waals surface area contributed by atoms with Crippen molar-refractivity contribution in [2.45, 2.75) is 24.8 Å². The van der Waals surface area contributed by atoms with Crippen LogP contribution in [0, 0.1) is 0 Å². The molecule has 0 radical (unpaired) electrons. The molecule has 0 saturated heterocycles. The van der Waals surface area contributed by atoms with Gasteiger partial charge in [-0.2, -0.15) is 0 Å². The Labute approximate surface area is 159 Å². The van der Waals surface area contributed by atoms with Gasteiger partial charge in [0.15, 0.2) is 0 Å². The molecule has 0 atom stereocenters. The Balaban J connectivity index is 1.83. The zero-order chi connectivity index (χ0) is 19.9. The number of rotatable bonds is 9. The second-order valence-electron chi connectivity index (χ2n) is 6.08. The number of hydrogen-bond donors (Lipinski definition) is 2. The summed E-state index contributed by atoms with van der Waals surface area (Å²) in [5.41, 5.74) is 0.378. The predicted molar refractivity (Wildman–Crippen MR) is 103 cm³/mol. The number of methoxy groups -OCH3 is 1. The van der Waals surface area contributed by atoms with Crippen LogP contribution in [-0.2, 0) is 10.0 Å². The van der Waals surface area contributed by atoms with E-state index in [1.807, 2.05) is 0 Å². The number of carbonyl (C=O) groups is 1. The molecule has 2 aromatic carbocycles. The summed E-state index contributed by atoms with van der Waals surface area (Å²) < 4.78 is 37.2. The van der Waals surface area contributed by atoms with Gasteiger partial charge >= 0.3 is 0 Å². The quantitative estimate of drug-likeness (QED) is 0.638. The van der Waals surface area contributed by atoms with Crippen LogP contribution in [0.1, 0.15) is 24.2 Å². The van der Waals surface area contributed by atoms with Crippen molar-refractivity contribution < 1.29 is 22.7 Å². The molecular formula is C19H24N2O5S. The van der Waals surface area contributed by atoms with Crippen molar-refractivity contribution in [1.29, 1.82) is 0 Å². The van der Waals surface area contributed by atoms with Crippen LogP contribution in [0.2, 0.25) is 0 Å². The lowest BCUT2D eigenvalue weighted by atomic mass is 10.2. The van der Waals surface area contributed by atoms with Gasteiger partial charge in [0, 0.05) is 11.6 Å². The second-order valence-corrected chi connectivity index (χ2v) is 7.79. The van der Waals surface area contributed by atoms with Crippen molar-refractivity contribution in [3.05, 3.63) is 54.1 Å². The third kappa shape index (κ3) is 6.26. The van der Waals surface area contributed by atoms with Gasteiger partial charge in [0.1, 0.15) is 18.1 Å². The molecule has 0 aromatic heterocycles. The fraction of sp³-hybridized carbons (Fsp3) is 0.316. The Morgan fingerprint density at radius 2 is 1.59 bits per heavy atom. The van der Waals surface area contributed by atoms with E-state index in [2.05, 4.69) is 10.0 Å². The highest BCUT2D eigenvalue weighted by atomic mass is 32.2. The van der Waals surface area contributed by atoms with Crippen LogP contribution < -0.4 is 19.5 Å². The first-order chi connectivity index (χ1) is 12.8. The Bertz CT molecular complexity index is 847. The maximum absolute atomic E-state index is 12.1. The number of hydrogen-bond acceptors (Lipinski definition) is 5. The van der Waals surface area contributed by atoms with Crippen molar-refractivity contribution in [1.82, 2.24) is 10.0 Å². The zero-order valence-corrected chi connectivity index (χ0v) is 16.4. The van der Waals surface area contributed by atoms with E-state index in [9.17, 15) is 13.2 Å². The lowest BCUT2D eigenvalue weighted by Crippen LogP contribution is -2.30. The number of ether oxygens (including phenoxy) is 2. The van der Waals surface area contributed by atoms with Gasteiger partial charge in [0.2, 0.25) is 10.0 Å². The smallest absolute Gasteiger partial charge is 0.251 e. The average Bonchev–Trinajstić information content (AvgIpc) is 2.64. The van der Waals surface area contributed by atoms with E-state index in [1.54, 1.807) is 45.2 Å². The van der Waals surface area contributed by atoms with E-state index in [4.69, 9.17) is 9.47 Å². The molecule has 0 aliphatic heterocycles. The van der Waals surface area contributed by atoms with Crippen LogP contribution in [-0.4, -0.2) is 40.6 Å². The molecule has 2 rings (SSSR count). The molecule has 2 aromatic rings. The summed E-state index contributed by atoms with van der Waals surface area (Å²) in [5.74, 6) is 1.12. The summed E-state index contributed by atoms with van der Waals surface area (Å²) in [5, 5.41) is 2.73. The molecule has 0 fully saturated rings. The Morgan fingerprint density at radius 1 is 1.00 bits per heavy atom. The van der Waals surface area contributed by atoms with Gasteiger partial charge in [-0.15, -0.1) is 0 Å². The first-order valence-electron chi connectivity index (χ1n) is 8.49. The van der Waals surface area contributed by atoms with Gasteiger partial charge in [0.25, 0.3) is 5.91 Å². The average molecular weight is 392 g/mol. The molecule has 0 heterocycles. The summed E-state index contributed by atoms with van der Waals surface area (Å²) >= 11 is 0. The minimum absolute atomic E-state index is 0.121.